The van der Waals surface area contributed by atoms with Crippen LogP contribution in [0.4, 0.5) is 0 Å². The van der Waals surface area contributed by atoms with Crippen molar-refractivity contribution in [3.8, 4) is 17.0 Å². The first-order valence-electron chi connectivity index (χ1n) is 10.2. The summed E-state index contributed by atoms with van der Waals surface area (Å²) in [5.41, 5.74) is 6.28. The van der Waals surface area contributed by atoms with E-state index >= 15 is 0 Å². The van der Waals surface area contributed by atoms with Crippen molar-refractivity contribution in [1.82, 2.24) is 9.97 Å². The molecule has 0 unspecified atom stereocenters. The number of carbonyl (C=O) groups is 1. The molecule has 3 aromatic rings. The molecule has 1 aromatic carbocycles. The van der Waals surface area contributed by atoms with Gasteiger partial charge in [0.25, 0.3) is 0 Å². The van der Waals surface area contributed by atoms with Crippen molar-refractivity contribution in [2.24, 2.45) is 5.92 Å². The van der Waals surface area contributed by atoms with Crippen molar-refractivity contribution in [2.45, 2.75) is 38.5 Å². The van der Waals surface area contributed by atoms with E-state index in [-0.39, 0.29) is 5.78 Å². The van der Waals surface area contributed by atoms with Gasteiger partial charge in [0.15, 0.2) is 5.78 Å². The molecule has 0 bridgehead atoms. The minimum absolute atomic E-state index is 0.254. The SMILES string of the molecule is O=C1CCCc2[nH]c(-c3ccncc3OCC3CC3)c(Cc3ccccc3)c21. The van der Waals surface area contributed by atoms with Gasteiger partial charge in [0.1, 0.15) is 5.75 Å². The normalized spacial score (nSPS) is 16.1. The maximum atomic E-state index is 12.8. The van der Waals surface area contributed by atoms with E-state index in [1.807, 2.05) is 24.3 Å². The van der Waals surface area contributed by atoms with E-state index in [2.05, 4.69) is 22.1 Å². The highest BCUT2D eigenvalue weighted by atomic mass is 16.5. The number of aromatic amines is 1. The molecular formula is C24H24N2O2. The van der Waals surface area contributed by atoms with Crippen LogP contribution in [-0.4, -0.2) is 22.4 Å². The fraction of sp³-hybridized carbons (Fsp3) is 0.333. The van der Waals surface area contributed by atoms with Gasteiger partial charge in [-0.3, -0.25) is 9.78 Å². The zero-order valence-electron chi connectivity index (χ0n) is 15.9. The predicted molar refractivity (Wildman–Crippen MR) is 109 cm³/mol. The lowest BCUT2D eigenvalue weighted by molar-refractivity contribution is 0.0971. The number of carbonyl (C=O) groups excluding carboxylic acids is 1. The third-order valence-corrected chi connectivity index (χ3v) is 5.74. The summed E-state index contributed by atoms with van der Waals surface area (Å²) < 4.78 is 6.11. The fourth-order valence-electron chi connectivity index (χ4n) is 4.07. The quantitative estimate of drug-likeness (QED) is 0.664. The predicted octanol–water partition coefficient (Wildman–Crippen LogP) is 4.98. The maximum absolute atomic E-state index is 12.8. The molecule has 0 spiro atoms. The largest absolute Gasteiger partial charge is 0.491 e. The lowest BCUT2D eigenvalue weighted by Crippen LogP contribution is -2.11. The molecule has 4 nitrogen and oxygen atoms in total. The Morgan fingerprint density at radius 1 is 1.11 bits per heavy atom. The zero-order chi connectivity index (χ0) is 18.9. The van der Waals surface area contributed by atoms with Crippen LogP contribution < -0.4 is 4.74 Å². The Balaban J connectivity index is 1.60. The molecule has 0 radical (unpaired) electrons. The van der Waals surface area contributed by atoms with Crippen LogP contribution in [0, 0.1) is 5.92 Å². The zero-order valence-corrected chi connectivity index (χ0v) is 15.9. The molecule has 28 heavy (non-hydrogen) atoms. The van der Waals surface area contributed by atoms with Gasteiger partial charge in [-0.05, 0) is 48.8 Å². The molecule has 2 aromatic heterocycles. The van der Waals surface area contributed by atoms with Crippen LogP contribution in [0.1, 0.15) is 52.9 Å². The highest BCUT2D eigenvalue weighted by molar-refractivity contribution is 6.01. The molecule has 0 atom stereocenters. The summed E-state index contributed by atoms with van der Waals surface area (Å²) >= 11 is 0. The number of H-pyrrole nitrogens is 1. The number of benzene rings is 1. The molecule has 1 saturated carbocycles. The van der Waals surface area contributed by atoms with Crippen LogP contribution in [0.3, 0.4) is 0 Å². The van der Waals surface area contributed by atoms with Crippen LogP contribution in [-0.2, 0) is 12.8 Å². The summed E-state index contributed by atoms with van der Waals surface area (Å²) in [4.78, 5) is 20.6. The van der Waals surface area contributed by atoms with Gasteiger partial charge in [-0.1, -0.05) is 30.3 Å². The van der Waals surface area contributed by atoms with E-state index in [4.69, 9.17) is 4.74 Å². The first kappa shape index (κ1) is 17.2. The summed E-state index contributed by atoms with van der Waals surface area (Å²) in [6, 6.07) is 12.4. The van der Waals surface area contributed by atoms with Gasteiger partial charge in [0, 0.05) is 35.9 Å². The van der Waals surface area contributed by atoms with Gasteiger partial charge in [-0.2, -0.15) is 0 Å². The van der Waals surface area contributed by atoms with Gasteiger partial charge in [-0.25, -0.2) is 0 Å². The standard InChI is InChI=1S/C24H24N2O2/c27-21-8-4-7-20-23(21)19(13-16-5-2-1-3-6-16)24(26-20)18-11-12-25-14-22(18)28-15-17-9-10-17/h1-3,5-6,11-12,14,17,26H,4,7-10,13,15H2. The smallest absolute Gasteiger partial charge is 0.165 e. The van der Waals surface area contributed by atoms with Crippen molar-refractivity contribution >= 4 is 5.78 Å². The number of hydrogen-bond donors (Lipinski definition) is 1. The molecule has 0 aliphatic heterocycles. The second kappa shape index (κ2) is 7.27. The number of Topliss-reactive ketones (excluding diaryl/α,β-unsaturated/α-hetero) is 1. The molecule has 1 N–H and O–H groups in total. The Kier molecular flexibility index (Phi) is 4.47. The Bertz CT molecular complexity index is 1000. The third kappa shape index (κ3) is 3.35. The third-order valence-electron chi connectivity index (χ3n) is 5.74. The van der Waals surface area contributed by atoms with Crippen molar-refractivity contribution in [1.29, 1.82) is 0 Å². The summed E-state index contributed by atoms with van der Waals surface area (Å²) in [5, 5.41) is 0. The van der Waals surface area contributed by atoms with Gasteiger partial charge in [0.2, 0.25) is 0 Å². The summed E-state index contributed by atoms with van der Waals surface area (Å²) in [6.07, 6.45) is 9.30. The Morgan fingerprint density at radius 3 is 2.79 bits per heavy atom. The second-order valence-electron chi connectivity index (χ2n) is 7.90. The number of hydrogen-bond acceptors (Lipinski definition) is 3. The van der Waals surface area contributed by atoms with E-state index < -0.39 is 0 Å². The molecule has 2 heterocycles. The van der Waals surface area contributed by atoms with Gasteiger partial charge >= 0.3 is 0 Å². The average molecular weight is 372 g/mol. The number of aromatic nitrogens is 2. The van der Waals surface area contributed by atoms with Crippen molar-refractivity contribution in [3.05, 3.63) is 71.2 Å². The van der Waals surface area contributed by atoms with Crippen molar-refractivity contribution in [2.75, 3.05) is 6.61 Å². The molecule has 142 valence electrons. The summed E-state index contributed by atoms with van der Waals surface area (Å²) in [6.45, 7) is 0.742. The molecule has 5 rings (SSSR count). The molecule has 2 aliphatic rings. The maximum Gasteiger partial charge on any atom is 0.165 e. The number of aryl methyl sites for hydroxylation is 1. The number of pyridine rings is 1. The Morgan fingerprint density at radius 2 is 1.96 bits per heavy atom. The molecule has 0 amide bonds. The summed E-state index contributed by atoms with van der Waals surface area (Å²) in [7, 11) is 0. The topological polar surface area (TPSA) is 55.0 Å². The van der Waals surface area contributed by atoms with Crippen LogP contribution in [0.2, 0.25) is 0 Å². The van der Waals surface area contributed by atoms with E-state index in [1.54, 1.807) is 12.4 Å². The lowest BCUT2D eigenvalue weighted by atomic mass is 9.89. The number of ether oxygens (including phenoxy) is 1. The first-order chi connectivity index (χ1) is 13.8. The van der Waals surface area contributed by atoms with Gasteiger partial charge in [-0.15, -0.1) is 0 Å². The monoisotopic (exact) mass is 372 g/mol. The highest BCUT2D eigenvalue weighted by Crippen LogP contribution is 2.39. The van der Waals surface area contributed by atoms with Crippen molar-refractivity contribution in [3.63, 3.8) is 0 Å². The molecule has 2 aliphatic carbocycles. The van der Waals surface area contributed by atoms with Crippen LogP contribution in [0.25, 0.3) is 11.3 Å². The van der Waals surface area contributed by atoms with Crippen LogP contribution >= 0.6 is 0 Å². The number of nitrogens with one attached hydrogen (secondary N) is 1. The number of fused-ring (bicyclic) bond motifs is 1. The van der Waals surface area contributed by atoms with Crippen LogP contribution in [0.5, 0.6) is 5.75 Å². The average Bonchev–Trinajstić information content (AvgIpc) is 3.49. The molecule has 4 heteroatoms. The number of ketones is 1. The second-order valence-corrected chi connectivity index (χ2v) is 7.90. The highest BCUT2D eigenvalue weighted by Gasteiger charge is 2.28. The van der Waals surface area contributed by atoms with E-state index in [1.165, 1.54) is 18.4 Å². The lowest BCUT2D eigenvalue weighted by Gasteiger charge is -2.13. The van der Waals surface area contributed by atoms with E-state index in [0.717, 1.165) is 59.7 Å². The van der Waals surface area contributed by atoms with Gasteiger partial charge < -0.3 is 9.72 Å². The van der Waals surface area contributed by atoms with Crippen LogP contribution in [0.15, 0.2) is 48.8 Å². The summed E-state index contributed by atoms with van der Waals surface area (Å²) in [5.74, 6) is 1.73. The number of rotatable bonds is 6. The molecular weight excluding hydrogens is 348 g/mol. The van der Waals surface area contributed by atoms with E-state index in [9.17, 15) is 4.79 Å². The fourth-order valence-corrected chi connectivity index (χ4v) is 4.07. The minimum Gasteiger partial charge on any atom is -0.491 e. The van der Waals surface area contributed by atoms with Crippen molar-refractivity contribution < 1.29 is 9.53 Å². The Hall–Kier alpha value is -2.88. The van der Waals surface area contributed by atoms with E-state index in [0.29, 0.717) is 12.3 Å². The van der Waals surface area contributed by atoms with Gasteiger partial charge in [0.05, 0.1) is 18.5 Å². The Labute approximate surface area is 165 Å². The number of nitrogens with zero attached hydrogens (tertiary/aromatic N) is 1. The molecule has 0 saturated heterocycles. The minimum atomic E-state index is 0.254. The molecule has 1 fully saturated rings. The first-order valence-corrected chi connectivity index (χ1v) is 10.2.